The Morgan fingerprint density at radius 1 is 1.14 bits per heavy atom. The Kier molecular flexibility index (Phi) is 8.40. The number of ether oxygens (including phenoxy) is 2. The van der Waals surface area contributed by atoms with E-state index in [2.05, 4.69) is 16.0 Å². The first-order valence-electron chi connectivity index (χ1n) is 12.9. The first kappa shape index (κ1) is 29.0. The molecule has 0 atom stereocenters. The number of benzene rings is 2. The number of hydrogen-bond acceptors (Lipinski definition) is 9. The van der Waals surface area contributed by atoms with Gasteiger partial charge in [0.15, 0.2) is 0 Å². The van der Waals surface area contributed by atoms with Gasteiger partial charge in [-0.15, -0.1) is 11.3 Å². The third kappa shape index (κ3) is 5.65. The van der Waals surface area contributed by atoms with Gasteiger partial charge in [0.05, 0.1) is 33.2 Å². The van der Waals surface area contributed by atoms with Crippen LogP contribution in [0.2, 0.25) is 5.02 Å². The topological polar surface area (TPSA) is 131 Å². The van der Waals surface area contributed by atoms with Crippen LogP contribution in [-0.4, -0.2) is 64.4 Å². The van der Waals surface area contributed by atoms with E-state index >= 15 is 0 Å². The molecule has 0 fully saturated rings. The zero-order valence-electron chi connectivity index (χ0n) is 23.0. The minimum Gasteiger partial charge on any atom is -0.491 e. The number of carbonyl (C=O) groups is 1. The minimum absolute atomic E-state index is 0.114. The van der Waals surface area contributed by atoms with Crippen molar-refractivity contribution in [2.75, 3.05) is 33.9 Å². The maximum absolute atomic E-state index is 13.6. The van der Waals surface area contributed by atoms with Crippen LogP contribution in [0.5, 0.6) is 11.5 Å². The number of nitriles is 1. The molecule has 0 radical (unpaired) electrons. The van der Waals surface area contributed by atoms with E-state index in [1.54, 1.807) is 54.9 Å². The highest BCUT2D eigenvalue weighted by Gasteiger charge is 2.19. The number of carboxylic acid groups (broad SMARTS) is 1. The molecule has 0 aliphatic heterocycles. The van der Waals surface area contributed by atoms with Crippen molar-refractivity contribution in [3.63, 3.8) is 0 Å². The zero-order valence-corrected chi connectivity index (χ0v) is 24.6. The summed E-state index contributed by atoms with van der Waals surface area (Å²) in [6.45, 7) is 3.03. The molecule has 0 aliphatic carbocycles. The fourth-order valence-corrected chi connectivity index (χ4v) is 5.81. The summed E-state index contributed by atoms with van der Waals surface area (Å²) in [4.78, 5) is 36.1. The van der Waals surface area contributed by atoms with Crippen molar-refractivity contribution in [3.05, 3.63) is 80.3 Å². The lowest BCUT2D eigenvalue weighted by Gasteiger charge is -2.16. The lowest BCUT2D eigenvalue weighted by molar-refractivity contribution is 0.0699. The number of pyridine rings is 1. The van der Waals surface area contributed by atoms with Gasteiger partial charge in [0.25, 0.3) is 5.56 Å². The van der Waals surface area contributed by atoms with Crippen molar-refractivity contribution >= 4 is 50.0 Å². The predicted molar refractivity (Wildman–Crippen MR) is 162 cm³/mol. The first-order chi connectivity index (χ1) is 20.2. The summed E-state index contributed by atoms with van der Waals surface area (Å²) in [5.41, 5.74) is 2.13. The van der Waals surface area contributed by atoms with Crippen LogP contribution in [0.1, 0.15) is 21.7 Å². The van der Waals surface area contributed by atoms with Crippen LogP contribution in [0.15, 0.2) is 52.8 Å². The lowest BCUT2D eigenvalue weighted by Crippen LogP contribution is -2.27. The van der Waals surface area contributed by atoms with E-state index in [0.29, 0.717) is 56.8 Å². The van der Waals surface area contributed by atoms with Crippen LogP contribution in [0.25, 0.3) is 32.2 Å². The number of aromatic carboxylic acids is 1. The molecule has 3 heterocycles. The average Bonchev–Trinajstić information content (AvgIpc) is 3.40. The number of nitrogens with zero attached hydrogens (tertiary/aromatic N) is 5. The number of aromatic nitrogens is 3. The van der Waals surface area contributed by atoms with Crippen molar-refractivity contribution in [3.8, 4) is 28.7 Å². The predicted octanol–water partition coefficient (Wildman–Crippen LogP) is 5.22. The summed E-state index contributed by atoms with van der Waals surface area (Å²) in [6, 6.07) is 12.4. The molecule has 0 spiro atoms. The van der Waals surface area contributed by atoms with Crippen LogP contribution in [0.3, 0.4) is 0 Å². The second-order valence-corrected chi connectivity index (χ2v) is 11.0. The molecule has 12 heteroatoms. The highest BCUT2D eigenvalue weighted by Crippen LogP contribution is 2.39. The van der Waals surface area contributed by atoms with E-state index in [1.807, 2.05) is 19.0 Å². The van der Waals surface area contributed by atoms with E-state index in [4.69, 9.17) is 21.1 Å². The van der Waals surface area contributed by atoms with E-state index < -0.39 is 5.97 Å². The third-order valence-electron chi connectivity index (χ3n) is 6.67. The molecule has 0 aliphatic rings. The maximum atomic E-state index is 13.6. The van der Waals surface area contributed by atoms with Gasteiger partial charge in [0.1, 0.15) is 42.2 Å². The first-order valence-corrected chi connectivity index (χ1v) is 14.2. The Morgan fingerprint density at radius 3 is 2.64 bits per heavy atom. The number of aryl methyl sites for hydroxylation is 1. The van der Waals surface area contributed by atoms with Crippen LogP contribution in [0.4, 0.5) is 0 Å². The van der Waals surface area contributed by atoms with Crippen molar-refractivity contribution in [2.24, 2.45) is 0 Å². The van der Waals surface area contributed by atoms with Crippen molar-refractivity contribution in [1.29, 1.82) is 5.26 Å². The SMILES string of the molecule is Cc1nc2ccc(OCCN(C)C)c(C#N)c2c(=O)n1CCOc1ccc(Cl)cc1-c1ccnc2c(C(=O)O)csc12. The number of rotatable bonds is 10. The van der Waals surface area contributed by atoms with E-state index in [0.717, 1.165) is 5.56 Å². The fraction of sp³-hybridized carbons (Fsp3) is 0.233. The molecule has 0 bridgehead atoms. The van der Waals surface area contributed by atoms with Crippen LogP contribution < -0.4 is 15.0 Å². The van der Waals surface area contributed by atoms with Crippen molar-refractivity contribution in [2.45, 2.75) is 13.5 Å². The molecule has 214 valence electrons. The van der Waals surface area contributed by atoms with Gasteiger partial charge in [-0.1, -0.05) is 11.6 Å². The van der Waals surface area contributed by atoms with E-state index in [1.165, 1.54) is 15.9 Å². The molecule has 5 rings (SSSR count). The standard InChI is InChI=1S/C30H26ClN5O5S/c1-17-34-23-5-7-25(40-12-10-35(2)3)21(15-32)26(23)29(37)36(17)11-13-41-24-6-4-18(31)14-20(24)19-8-9-33-27-22(30(38)39)16-42-28(19)27/h4-9,14,16H,10-13H2,1-3H3,(H,38,39). The van der Waals surface area contributed by atoms with Crippen LogP contribution in [0, 0.1) is 18.3 Å². The Bertz CT molecular complexity index is 1930. The number of likely N-dealkylation sites (N-methyl/N-ethyl adjacent to an activating group) is 1. The zero-order chi connectivity index (χ0) is 30.0. The molecule has 0 amide bonds. The summed E-state index contributed by atoms with van der Waals surface area (Å²) < 4.78 is 14.1. The third-order valence-corrected chi connectivity index (χ3v) is 7.91. The molecule has 2 aromatic carbocycles. The summed E-state index contributed by atoms with van der Waals surface area (Å²) >= 11 is 7.61. The normalized spacial score (nSPS) is 11.2. The van der Waals surface area contributed by atoms with Gasteiger partial charge < -0.3 is 19.5 Å². The molecule has 0 saturated carbocycles. The number of thiophene rings is 1. The van der Waals surface area contributed by atoms with Crippen LogP contribution in [-0.2, 0) is 6.54 Å². The van der Waals surface area contributed by atoms with Crippen molar-refractivity contribution < 1.29 is 19.4 Å². The lowest BCUT2D eigenvalue weighted by atomic mass is 10.0. The van der Waals surface area contributed by atoms with Gasteiger partial charge in [-0.05, 0) is 57.4 Å². The number of fused-ring (bicyclic) bond motifs is 2. The largest absolute Gasteiger partial charge is 0.491 e. The minimum atomic E-state index is -1.05. The van der Waals surface area contributed by atoms with Gasteiger partial charge in [0, 0.05) is 34.3 Å². The van der Waals surface area contributed by atoms with E-state index in [-0.39, 0.29) is 35.2 Å². The van der Waals surface area contributed by atoms with Gasteiger partial charge in [-0.25, -0.2) is 9.78 Å². The molecular formula is C30H26ClN5O5S. The molecule has 0 unspecified atom stereocenters. The summed E-state index contributed by atoms with van der Waals surface area (Å²) in [6.07, 6.45) is 1.55. The second kappa shape index (κ2) is 12.2. The average molecular weight is 604 g/mol. The Balaban J connectivity index is 1.45. The highest BCUT2D eigenvalue weighted by molar-refractivity contribution is 7.18. The number of carboxylic acids is 1. The molecule has 42 heavy (non-hydrogen) atoms. The van der Waals surface area contributed by atoms with Gasteiger partial charge in [0.2, 0.25) is 0 Å². The summed E-state index contributed by atoms with van der Waals surface area (Å²) in [7, 11) is 3.84. The highest BCUT2D eigenvalue weighted by atomic mass is 35.5. The Hall–Kier alpha value is -4.50. The molecule has 3 aromatic heterocycles. The summed E-state index contributed by atoms with van der Waals surface area (Å²) in [5, 5.41) is 21.7. The summed E-state index contributed by atoms with van der Waals surface area (Å²) in [5.74, 6) is 0.274. The second-order valence-electron chi connectivity index (χ2n) is 9.69. The molecule has 0 saturated heterocycles. The van der Waals surface area contributed by atoms with Gasteiger partial charge in [-0.2, -0.15) is 5.26 Å². The molecule has 1 N–H and O–H groups in total. The number of halogens is 1. The van der Waals surface area contributed by atoms with Gasteiger partial charge in [-0.3, -0.25) is 14.3 Å². The fourth-order valence-electron chi connectivity index (χ4n) is 4.61. The van der Waals surface area contributed by atoms with Crippen molar-refractivity contribution in [1.82, 2.24) is 19.4 Å². The molecule has 5 aromatic rings. The maximum Gasteiger partial charge on any atom is 0.338 e. The quantitative estimate of drug-likeness (QED) is 0.228. The molecule has 10 nitrogen and oxygen atoms in total. The monoisotopic (exact) mass is 603 g/mol. The molecular weight excluding hydrogens is 578 g/mol. The van der Waals surface area contributed by atoms with Gasteiger partial charge >= 0.3 is 5.97 Å². The Labute approximate surface area is 250 Å². The number of hydrogen-bond donors (Lipinski definition) is 1. The Morgan fingerprint density at radius 2 is 1.90 bits per heavy atom. The van der Waals surface area contributed by atoms with Crippen LogP contribution >= 0.6 is 22.9 Å². The smallest absolute Gasteiger partial charge is 0.338 e. The van der Waals surface area contributed by atoms with E-state index in [9.17, 15) is 20.0 Å².